The lowest BCUT2D eigenvalue weighted by molar-refractivity contribution is 0.0691. The van der Waals surface area contributed by atoms with Crippen LogP contribution in [0.3, 0.4) is 0 Å². The third-order valence-electron chi connectivity index (χ3n) is 5.57. The highest BCUT2D eigenvalue weighted by Gasteiger charge is 2.36. The third kappa shape index (κ3) is 4.01. The maximum atomic E-state index is 15.1. The van der Waals surface area contributed by atoms with Crippen LogP contribution in [0.25, 0.3) is 0 Å². The zero-order chi connectivity index (χ0) is 23.0. The van der Waals surface area contributed by atoms with E-state index in [4.69, 9.17) is 44.3 Å². The summed E-state index contributed by atoms with van der Waals surface area (Å²) in [5.41, 5.74) is 2.20. The summed E-state index contributed by atoms with van der Waals surface area (Å²) < 4.78 is 26.0. The van der Waals surface area contributed by atoms with Crippen molar-refractivity contribution in [2.45, 2.75) is 12.5 Å². The number of benzene rings is 3. The molecule has 0 saturated carbocycles. The first-order valence-corrected chi connectivity index (χ1v) is 10.9. The highest BCUT2D eigenvalue weighted by molar-refractivity contribution is 6.42. The Labute approximate surface area is 200 Å². The van der Waals surface area contributed by atoms with E-state index in [1.807, 2.05) is 6.07 Å². The van der Waals surface area contributed by atoms with Crippen molar-refractivity contribution < 1.29 is 18.7 Å². The summed E-state index contributed by atoms with van der Waals surface area (Å²) in [5.74, 6) is 0.229. The molecule has 0 bridgehead atoms. The summed E-state index contributed by atoms with van der Waals surface area (Å²) in [6.07, 6.45) is 0.547. The van der Waals surface area contributed by atoms with Crippen LogP contribution < -0.4 is 9.47 Å². The molecule has 166 valence electrons. The van der Waals surface area contributed by atoms with Crippen molar-refractivity contribution in [1.29, 1.82) is 0 Å². The van der Waals surface area contributed by atoms with Gasteiger partial charge in [0.25, 0.3) is 5.91 Å². The molecule has 1 atom stereocenters. The van der Waals surface area contributed by atoms with Crippen LogP contribution in [0.2, 0.25) is 15.1 Å². The number of nitrogens with zero attached hydrogens (tertiary/aromatic N) is 1. The van der Waals surface area contributed by atoms with Gasteiger partial charge in [0.15, 0.2) is 11.5 Å². The van der Waals surface area contributed by atoms with Gasteiger partial charge in [0.2, 0.25) is 0 Å². The minimum absolute atomic E-state index is 0.218. The lowest BCUT2D eigenvalue weighted by Gasteiger charge is -2.38. The van der Waals surface area contributed by atoms with Gasteiger partial charge in [-0.05, 0) is 60.0 Å². The lowest BCUT2D eigenvalue weighted by atomic mass is 9.87. The molecule has 4 rings (SSSR count). The highest BCUT2D eigenvalue weighted by atomic mass is 35.5. The Balaban J connectivity index is 1.91. The number of rotatable bonds is 4. The second-order valence-corrected chi connectivity index (χ2v) is 8.54. The first-order valence-electron chi connectivity index (χ1n) is 9.80. The molecule has 0 spiro atoms. The Kier molecular flexibility index (Phi) is 6.52. The molecule has 1 aliphatic rings. The van der Waals surface area contributed by atoms with Gasteiger partial charge in [-0.15, -0.1) is 0 Å². The topological polar surface area (TPSA) is 38.8 Å². The number of carbonyl (C=O) groups is 1. The second-order valence-electron chi connectivity index (χ2n) is 7.32. The Hall–Kier alpha value is -2.47. The molecular weight excluding hydrogens is 476 g/mol. The monoisotopic (exact) mass is 493 g/mol. The summed E-state index contributed by atoms with van der Waals surface area (Å²) in [4.78, 5) is 15.2. The molecule has 8 heteroatoms. The van der Waals surface area contributed by atoms with E-state index in [-0.39, 0.29) is 21.5 Å². The molecule has 32 heavy (non-hydrogen) atoms. The van der Waals surface area contributed by atoms with Crippen molar-refractivity contribution in [2.24, 2.45) is 0 Å². The molecule has 0 N–H and O–H groups in total. The van der Waals surface area contributed by atoms with Crippen molar-refractivity contribution >= 4 is 40.7 Å². The largest absolute Gasteiger partial charge is 0.493 e. The predicted octanol–water partition coefficient (Wildman–Crippen LogP) is 6.59. The van der Waals surface area contributed by atoms with E-state index in [9.17, 15) is 4.79 Å². The molecule has 0 unspecified atom stereocenters. The van der Waals surface area contributed by atoms with E-state index in [0.29, 0.717) is 40.6 Å². The van der Waals surface area contributed by atoms with Crippen molar-refractivity contribution in [1.82, 2.24) is 4.90 Å². The van der Waals surface area contributed by atoms with Crippen molar-refractivity contribution in [2.75, 3.05) is 20.8 Å². The average Bonchev–Trinajstić information content (AvgIpc) is 2.79. The molecule has 0 fully saturated rings. The lowest BCUT2D eigenvalue weighted by Crippen LogP contribution is -2.41. The third-order valence-corrected chi connectivity index (χ3v) is 6.64. The summed E-state index contributed by atoms with van der Waals surface area (Å²) in [6.45, 7) is 0.344. The van der Waals surface area contributed by atoms with Crippen molar-refractivity contribution in [3.63, 3.8) is 0 Å². The van der Waals surface area contributed by atoms with Gasteiger partial charge in [0.1, 0.15) is 5.82 Å². The van der Waals surface area contributed by atoms with E-state index in [1.165, 1.54) is 25.3 Å². The number of hydrogen-bond acceptors (Lipinski definition) is 3. The normalized spacial score (nSPS) is 15.3. The van der Waals surface area contributed by atoms with Gasteiger partial charge >= 0.3 is 0 Å². The first kappa shape index (κ1) is 22.7. The minimum Gasteiger partial charge on any atom is -0.493 e. The fraction of sp³-hybridized carbons (Fsp3) is 0.208. The van der Waals surface area contributed by atoms with Gasteiger partial charge in [-0.2, -0.15) is 0 Å². The van der Waals surface area contributed by atoms with Gasteiger partial charge < -0.3 is 14.4 Å². The first-order chi connectivity index (χ1) is 15.3. The molecule has 1 amide bonds. The maximum Gasteiger partial charge on any atom is 0.254 e. The maximum absolute atomic E-state index is 15.1. The highest BCUT2D eigenvalue weighted by Crippen LogP contribution is 2.44. The number of halogens is 4. The van der Waals surface area contributed by atoms with Crippen LogP contribution in [0.4, 0.5) is 4.39 Å². The smallest absolute Gasteiger partial charge is 0.254 e. The van der Waals surface area contributed by atoms with Crippen LogP contribution in [0.15, 0.2) is 48.5 Å². The van der Waals surface area contributed by atoms with Gasteiger partial charge in [-0.1, -0.05) is 40.9 Å². The van der Waals surface area contributed by atoms with E-state index in [2.05, 4.69) is 0 Å². The van der Waals surface area contributed by atoms with Gasteiger partial charge in [-0.3, -0.25) is 4.79 Å². The Bertz CT molecular complexity index is 1180. The molecule has 1 aliphatic heterocycles. The second kappa shape index (κ2) is 9.18. The van der Waals surface area contributed by atoms with E-state index >= 15 is 4.39 Å². The molecule has 0 radical (unpaired) electrons. The summed E-state index contributed by atoms with van der Waals surface area (Å²) in [6, 6.07) is 12.0. The standard InChI is InChI=1S/C24H19Cl3FNO3/c1-31-20-11-13-8-9-29(24(30)14-6-7-16(25)18(27)10-14)23(15(13)12-21(20)32-2)22-17(26)4-3-5-19(22)28/h3-7,10-12,23H,8-9H2,1-2H3/t23-/m1/s1. The van der Waals surface area contributed by atoms with E-state index in [0.717, 1.165) is 5.56 Å². The Morgan fingerprint density at radius 1 is 0.969 bits per heavy atom. The Morgan fingerprint density at radius 3 is 2.34 bits per heavy atom. The van der Waals surface area contributed by atoms with Gasteiger partial charge in [0, 0.05) is 22.7 Å². The minimum atomic E-state index is -0.769. The zero-order valence-electron chi connectivity index (χ0n) is 17.3. The number of carbonyl (C=O) groups excluding carboxylic acids is 1. The van der Waals surface area contributed by atoms with Gasteiger partial charge in [0.05, 0.1) is 30.3 Å². The fourth-order valence-electron chi connectivity index (χ4n) is 4.04. The SMILES string of the molecule is COc1cc2c(cc1OC)[C@H](c1c(F)cccc1Cl)N(C(=O)c1ccc(Cl)c(Cl)c1)CC2. The Morgan fingerprint density at radius 2 is 1.69 bits per heavy atom. The number of ether oxygens (including phenoxy) is 2. The fourth-order valence-corrected chi connectivity index (χ4v) is 4.61. The van der Waals surface area contributed by atoms with Crippen LogP contribution in [0, 0.1) is 5.82 Å². The van der Waals surface area contributed by atoms with Crippen LogP contribution in [0.1, 0.15) is 33.1 Å². The van der Waals surface area contributed by atoms with Crippen LogP contribution in [-0.2, 0) is 6.42 Å². The molecular formula is C24H19Cl3FNO3. The number of methoxy groups -OCH3 is 2. The van der Waals surface area contributed by atoms with Crippen LogP contribution in [0.5, 0.6) is 11.5 Å². The van der Waals surface area contributed by atoms with Crippen LogP contribution in [-0.4, -0.2) is 31.6 Å². The quantitative estimate of drug-likeness (QED) is 0.411. The average molecular weight is 495 g/mol. The van der Waals surface area contributed by atoms with Crippen molar-refractivity contribution in [3.05, 3.63) is 91.7 Å². The molecule has 3 aromatic carbocycles. The molecule has 0 saturated heterocycles. The number of amides is 1. The molecule has 1 heterocycles. The summed E-state index contributed by atoms with van der Waals surface area (Å²) in [7, 11) is 3.08. The number of fused-ring (bicyclic) bond motifs is 1. The molecule has 0 aliphatic carbocycles. The van der Waals surface area contributed by atoms with Gasteiger partial charge in [-0.25, -0.2) is 4.39 Å². The van der Waals surface area contributed by atoms with Crippen LogP contribution >= 0.6 is 34.8 Å². The van der Waals surface area contributed by atoms with E-state index in [1.54, 1.807) is 36.3 Å². The van der Waals surface area contributed by atoms with E-state index < -0.39 is 11.9 Å². The van der Waals surface area contributed by atoms with Crippen molar-refractivity contribution in [3.8, 4) is 11.5 Å². The molecule has 4 nitrogen and oxygen atoms in total. The summed E-state index contributed by atoms with van der Waals surface area (Å²) in [5, 5.41) is 0.837. The zero-order valence-corrected chi connectivity index (χ0v) is 19.6. The molecule has 0 aromatic heterocycles. The number of hydrogen-bond donors (Lipinski definition) is 0. The predicted molar refractivity (Wildman–Crippen MR) is 124 cm³/mol. The summed E-state index contributed by atoms with van der Waals surface area (Å²) >= 11 is 18.6. The molecule has 3 aromatic rings.